The second kappa shape index (κ2) is 11.5. The Kier molecular flexibility index (Phi) is 8.22. The van der Waals surface area contributed by atoms with Crippen molar-refractivity contribution in [3.8, 4) is 29.6 Å². The predicted molar refractivity (Wildman–Crippen MR) is 123 cm³/mol. The van der Waals surface area contributed by atoms with E-state index in [1.54, 1.807) is 37.4 Å². The fourth-order valence-corrected chi connectivity index (χ4v) is 3.00. The summed E-state index contributed by atoms with van der Waals surface area (Å²) in [6.07, 6.45) is 9.43. The molecule has 1 aromatic heterocycles. The summed E-state index contributed by atoms with van der Waals surface area (Å²) in [5.41, 5.74) is 1.07. The highest BCUT2D eigenvalue weighted by molar-refractivity contribution is 6.32. The van der Waals surface area contributed by atoms with Crippen molar-refractivity contribution < 1.29 is 19.1 Å². The van der Waals surface area contributed by atoms with E-state index >= 15 is 0 Å². The molecule has 2 amide bonds. The van der Waals surface area contributed by atoms with Crippen LogP contribution in [0.1, 0.15) is 22.3 Å². The van der Waals surface area contributed by atoms with Gasteiger partial charge in [-0.3, -0.25) is 9.59 Å². The van der Waals surface area contributed by atoms with Gasteiger partial charge in [-0.1, -0.05) is 23.7 Å². The van der Waals surface area contributed by atoms with Crippen LogP contribution in [0.2, 0.25) is 5.02 Å². The van der Waals surface area contributed by atoms with Gasteiger partial charge in [-0.2, -0.15) is 0 Å². The lowest BCUT2D eigenvalue weighted by atomic mass is 10.1. The molecular formula is C24H21ClN4O4. The third-order valence-electron chi connectivity index (χ3n) is 4.52. The van der Waals surface area contributed by atoms with Gasteiger partial charge in [-0.05, 0) is 29.8 Å². The Bertz CT molecular complexity index is 1150. The number of amides is 2. The largest absolute Gasteiger partial charge is 0.497 e. The van der Waals surface area contributed by atoms with E-state index in [9.17, 15) is 9.59 Å². The van der Waals surface area contributed by atoms with Crippen molar-refractivity contribution in [3.63, 3.8) is 0 Å². The van der Waals surface area contributed by atoms with Crippen LogP contribution in [0, 0.1) is 12.3 Å². The van der Waals surface area contributed by atoms with E-state index in [0.717, 1.165) is 5.56 Å². The number of hydrogen-bond acceptors (Lipinski definition) is 6. The number of aromatic nitrogens is 2. The molecule has 1 heterocycles. The second-order valence-electron chi connectivity index (χ2n) is 6.82. The van der Waals surface area contributed by atoms with E-state index in [2.05, 4.69) is 26.5 Å². The first-order chi connectivity index (χ1) is 16.0. The molecule has 0 saturated heterocycles. The molecule has 33 heavy (non-hydrogen) atoms. The molecule has 2 aromatic carbocycles. The Morgan fingerprint density at radius 2 is 1.82 bits per heavy atom. The van der Waals surface area contributed by atoms with Crippen LogP contribution in [0.25, 0.3) is 0 Å². The summed E-state index contributed by atoms with van der Waals surface area (Å²) in [5, 5.41) is 5.81. The van der Waals surface area contributed by atoms with Crippen LogP contribution >= 0.6 is 11.6 Å². The molecule has 0 radical (unpaired) electrons. The molecule has 0 saturated carbocycles. The van der Waals surface area contributed by atoms with Crippen LogP contribution in [-0.2, 0) is 11.3 Å². The monoisotopic (exact) mass is 464 g/mol. The van der Waals surface area contributed by atoms with Crippen LogP contribution in [-0.4, -0.2) is 34.9 Å². The van der Waals surface area contributed by atoms with Gasteiger partial charge < -0.3 is 20.1 Å². The van der Waals surface area contributed by atoms with Crippen molar-refractivity contribution in [2.75, 3.05) is 7.11 Å². The Morgan fingerprint density at radius 1 is 1.12 bits per heavy atom. The van der Waals surface area contributed by atoms with Crippen molar-refractivity contribution in [2.45, 2.75) is 19.0 Å². The molecule has 3 rings (SSSR count). The number of hydrogen-bond donors (Lipinski definition) is 2. The van der Waals surface area contributed by atoms with E-state index in [1.165, 1.54) is 18.7 Å². The zero-order valence-corrected chi connectivity index (χ0v) is 18.5. The average molecular weight is 465 g/mol. The Balaban J connectivity index is 1.56. The standard InChI is InChI=1S/C24H21ClN4O4/c1-3-4-21(29-23(30)17-13-26-15-27-14-17)24(31)28-12-16-5-7-18(8-6-16)33-22-10-9-19(32-2)11-20(22)25/h1,5-11,13-15,21H,4,12H2,2H3,(H,28,31)(H,29,30). The summed E-state index contributed by atoms with van der Waals surface area (Å²) in [6, 6.07) is 11.4. The molecule has 8 nitrogen and oxygen atoms in total. The van der Waals surface area contributed by atoms with Crippen LogP contribution in [0.15, 0.2) is 61.2 Å². The van der Waals surface area contributed by atoms with Crippen molar-refractivity contribution in [3.05, 3.63) is 77.3 Å². The molecule has 1 unspecified atom stereocenters. The fourth-order valence-electron chi connectivity index (χ4n) is 2.79. The summed E-state index contributed by atoms with van der Waals surface area (Å²) in [7, 11) is 1.56. The van der Waals surface area contributed by atoms with Crippen LogP contribution in [0.3, 0.4) is 0 Å². The number of carbonyl (C=O) groups is 2. The maximum Gasteiger partial charge on any atom is 0.255 e. The first kappa shape index (κ1) is 23.6. The zero-order chi connectivity index (χ0) is 23.6. The first-order valence-electron chi connectivity index (χ1n) is 9.87. The lowest BCUT2D eigenvalue weighted by molar-refractivity contribution is -0.123. The molecular weight excluding hydrogens is 444 g/mol. The Labute approximate surface area is 196 Å². The number of terminal acetylenes is 1. The number of ether oxygens (including phenoxy) is 2. The van der Waals surface area contributed by atoms with Gasteiger partial charge in [0.1, 0.15) is 29.6 Å². The quantitative estimate of drug-likeness (QED) is 0.471. The number of rotatable bonds is 9. The summed E-state index contributed by atoms with van der Waals surface area (Å²) >= 11 is 6.20. The number of nitrogens with one attached hydrogen (secondary N) is 2. The number of methoxy groups -OCH3 is 1. The SMILES string of the molecule is C#CCC(NC(=O)c1cncnc1)C(=O)NCc1ccc(Oc2ccc(OC)cc2Cl)cc1. The normalized spacial score (nSPS) is 11.1. The van der Waals surface area contributed by atoms with E-state index in [4.69, 9.17) is 27.5 Å². The topological polar surface area (TPSA) is 102 Å². The van der Waals surface area contributed by atoms with Crippen molar-refractivity contribution in [2.24, 2.45) is 0 Å². The summed E-state index contributed by atoms with van der Waals surface area (Å²) in [5.74, 6) is 3.24. The summed E-state index contributed by atoms with van der Waals surface area (Å²) < 4.78 is 10.9. The average Bonchev–Trinajstić information content (AvgIpc) is 2.84. The first-order valence-corrected chi connectivity index (χ1v) is 10.3. The zero-order valence-electron chi connectivity index (χ0n) is 17.7. The van der Waals surface area contributed by atoms with E-state index in [0.29, 0.717) is 22.3 Å². The van der Waals surface area contributed by atoms with Gasteiger partial charge in [0.05, 0.1) is 17.7 Å². The highest BCUT2D eigenvalue weighted by Crippen LogP contribution is 2.32. The summed E-state index contributed by atoms with van der Waals surface area (Å²) in [6.45, 7) is 0.244. The van der Waals surface area contributed by atoms with Gasteiger partial charge >= 0.3 is 0 Å². The number of carbonyl (C=O) groups excluding carboxylic acids is 2. The second-order valence-corrected chi connectivity index (χ2v) is 7.23. The molecule has 1 atom stereocenters. The molecule has 0 aliphatic rings. The minimum atomic E-state index is -0.887. The number of halogens is 1. The molecule has 9 heteroatoms. The van der Waals surface area contributed by atoms with Gasteiger partial charge in [-0.25, -0.2) is 9.97 Å². The number of benzene rings is 2. The van der Waals surface area contributed by atoms with E-state index in [1.807, 2.05) is 12.1 Å². The highest BCUT2D eigenvalue weighted by Gasteiger charge is 2.20. The Morgan fingerprint density at radius 3 is 2.45 bits per heavy atom. The lowest BCUT2D eigenvalue weighted by Crippen LogP contribution is -2.46. The smallest absolute Gasteiger partial charge is 0.255 e. The summed E-state index contributed by atoms with van der Waals surface area (Å²) in [4.78, 5) is 32.4. The van der Waals surface area contributed by atoms with Crippen LogP contribution in [0.4, 0.5) is 0 Å². The third-order valence-corrected chi connectivity index (χ3v) is 4.82. The molecule has 3 aromatic rings. The van der Waals surface area contributed by atoms with Gasteiger partial charge in [-0.15, -0.1) is 12.3 Å². The van der Waals surface area contributed by atoms with Crippen LogP contribution < -0.4 is 20.1 Å². The minimum absolute atomic E-state index is 0.0423. The van der Waals surface area contributed by atoms with Crippen molar-refractivity contribution in [1.82, 2.24) is 20.6 Å². The molecule has 0 aliphatic carbocycles. The maximum atomic E-state index is 12.6. The van der Waals surface area contributed by atoms with Gasteiger partial charge in [0.15, 0.2) is 0 Å². The highest BCUT2D eigenvalue weighted by atomic mass is 35.5. The predicted octanol–water partition coefficient (Wildman–Crippen LogP) is 3.37. The van der Waals surface area contributed by atoms with E-state index < -0.39 is 17.9 Å². The maximum absolute atomic E-state index is 12.6. The molecule has 0 bridgehead atoms. The van der Waals surface area contributed by atoms with E-state index in [-0.39, 0.29) is 18.5 Å². The van der Waals surface area contributed by atoms with Gasteiger partial charge in [0.25, 0.3) is 5.91 Å². The molecule has 2 N–H and O–H groups in total. The van der Waals surface area contributed by atoms with Crippen molar-refractivity contribution in [1.29, 1.82) is 0 Å². The van der Waals surface area contributed by atoms with Crippen molar-refractivity contribution >= 4 is 23.4 Å². The fraction of sp³-hybridized carbons (Fsp3) is 0.167. The molecule has 0 spiro atoms. The molecule has 0 aliphatic heterocycles. The van der Waals surface area contributed by atoms with Crippen LogP contribution in [0.5, 0.6) is 17.2 Å². The van der Waals surface area contributed by atoms with Gasteiger partial charge in [0.2, 0.25) is 5.91 Å². The molecule has 168 valence electrons. The molecule has 0 fully saturated rings. The van der Waals surface area contributed by atoms with Gasteiger partial charge in [0, 0.05) is 31.4 Å². The minimum Gasteiger partial charge on any atom is -0.497 e. The number of nitrogens with zero attached hydrogens (tertiary/aromatic N) is 2. The lowest BCUT2D eigenvalue weighted by Gasteiger charge is -2.16. The third kappa shape index (κ3) is 6.69. The Hall–Kier alpha value is -4.09.